The van der Waals surface area contributed by atoms with Crippen LogP contribution in [0.4, 0.5) is 0 Å². The van der Waals surface area contributed by atoms with E-state index in [1.807, 2.05) is 37.2 Å². The third-order valence-corrected chi connectivity index (χ3v) is 3.19. The summed E-state index contributed by atoms with van der Waals surface area (Å²) >= 11 is 0. The Bertz CT molecular complexity index is 360. The van der Waals surface area contributed by atoms with Crippen molar-refractivity contribution >= 4 is 0 Å². The molecule has 2 rings (SSSR count). The first kappa shape index (κ1) is 10.6. The lowest BCUT2D eigenvalue weighted by atomic mass is 9.82. The van der Waals surface area contributed by atoms with Crippen LogP contribution in [0, 0.1) is 0 Å². The summed E-state index contributed by atoms with van der Waals surface area (Å²) in [5, 5.41) is 20.3. The van der Waals surface area contributed by atoms with Gasteiger partial charge >= 0.3 is 0 Å². The van der Waals surface area contributed by atoms with Crippen molar-refractivity contribution in [3.8, 4) is 0 Å². The molecule has 3 nitrogen and oxygen atoms in total. The Kier molecular flexibility index (Phi) is 2.54. The van der Waals surface area contributed by atoms with Crippen LogP contribution in [0.25, 0.3) is 0 Å². The highest BCUT2D eigenvalue weighted by Crippen LogP contribution is 2.35. The number of benzene rings is 1. The molecular formula is C12H17NO2. The van der Waals surface area contributed by atoms with Gasteiger partial charge in [-0.25, -0.2) is 0 Å². The summed E-state index contributed by atoms with van der Waals surface area (Å²) in [4.78, 5) is 1.87. The van der Waals surface area contributed by atoms with Crippen LogP contribution in [-0.2, 0) is 12.2 Å². The van der Waals surface area contributed by atoms with Crippen LogP contribution in [0.1, 0.15) is 17.5 Å². The van der Waals surface area contributed by atoms with Gasteiger partial charge in [0.25, 0.3) is 0 Å². The molecule has 2 N–H and O–H groups in total. The van der Waals surface area contributed by atoms with Crippen molar-refractivity contribution in [2.24, 2.45) is 0 Å². The number of aryl methyl sites for hydroxylation is 1. The van der Waals surface area contributed by atoms with Crippen LogP contribution in [0.2, 0.25) is 0 Å². The largest absolute Gasteiger partial charge is 0.361 e. The fraction of sp³-hybridized carbons (Fsp3) is 0.500. The van der Waals surface area contributed by atoms with Crippen LogP contribution in [0.5, 0.6) is 0 Å². The van der Waals surface area contributed by atoms with Crippen molar-refractivity contribution in [1.82, 2.24) is 4.90 Å². The third-order valence-electron chi connectivity index (χ3n) is 3.19. The van der Waals surface area contributed by atoms with Gasteiger partial charge in [0.2, 0.25) is 5.79 Å². The fourth-order valence-corrected chi connectivity index (χ4v) is 2.39. The van der Waals surface area contributed by atoms with Crippen molar-refractivity contribution in [3.05, 3.63) is 35.4 Å². The first-order valence-electron chi connectivity index (χ1n) is 5.23. The maximum Gasteiger partial charge on any atom is 0.206 e. The van der Waals surface area contributed by atoms with Crippen molar-refractivity contribution in [2.45, 2.75) is 24.7 Å². The molecule has 1 aliphatic rings. The third kappa shape index (κ3) is 1.67. The van der Waals surface area contributed by atoms with Crippen molar-refractivity contribution in [2.75, 3.05) is 14.1 Å². The Balaban J connectivity index is 2.44. The van der Waals surface area contributed by atoms with Crippen molar-refractivity contribution in [3.63, 3.8) is 0 Å². The van der Waals surface area contributed by atoms with Gasteiger partial charge in [-0.2, -0.15) is 0 Å². The maximum absolute atomic E-state index is 10.2. The summed E-state index contributed by atoms with van der Waals surface area (Å²) < 4.78 is 0. The summed E-state index contributed by atoms with van der Waals surface area (Å²) in [6, 6.07) is 7.31. The number of aliphatic hydroxyl groups is 2. The molecule has 82 valence electrons. The number of fused-ring (bicyclic) bond motifs is 1. The molecular weight excluding hydrogens is 190 g/mol. The summed E-state index contributed by atoms with van der Waals surface area (Å²) in [5.41, 5.74) is 1.69. The fourth-order valence-electron chi connectivity index (χ4n) is 2.39. The SMILES string of the molecule is CN(C)C1CCc2ccccc2C1(O)O. The summed E-state index contributed by atoms with van der Waals surface area (Å²) in [5.74, 6) is -1.72. The number of hydrogen-bond donors (Lipinski definition) is 2. The van der Waals surface area contributed by atoms with Gasteiger partial charge in [-0.1, -0.05) is 24.3 Å². The van der Waals surface area contributed by atoms with E-state index in [1.165, 1.54) is 0 Å². The Hall–Kier alpha value is -0.900. The highest BCUT2D eigenvalue weighted by Gasteiger charge is 2.42. The van der Waals surface area contributed by atoms with E-state index in [9.17, 15) is 10.2 Å². The molecule has 0 saturated heterocycles. The Morgan fingerprint density at radius 3 is 2.60 bits per heavy atom. The molecule has 0 radical (unpaired) electrons. The summed E-state index contributed by atoms with van der Waals surface area (Å²) in [6.07, 6.45) is 1.68. The van der Waals surface area contributed by atoms with Gasteiger partial charge in [-0.15, -0.1) is 0 Å². The minimum atomic E-state index is -1.72. The predicted molar refractivity (Wildman–Crippen MR) is 58.4 cm³/mol. The second-order valence-electron chi connectivity index (χ2n) is 4.40. The lowest BCUT2D eigenvalue weighted by Crippen LogP contribution is -2.50. The van der Waals surface area contributed by atoms with Gasteiger partial charge in [0.1, 0.15) is 0 Å². The molecule has 1 atom stereocenters. The quantitative estimate of drug-likeness (QED) is 0.666. The zero-order chi connectivity index (χ0) is 11.1. The molecule has 15 heavy (non-hydrogen) atoms. The van der Waals surface area contributed by atoms with E-state index < -0.39 is 5.79 Å². The van der Waals surface area contributed by atoms with Gasteiger partial charge in [0, 0.05) is 5.56 Å². The summed E-state index contributed by atoms with van der Waals surface area (Å²) in [6.45, 7) is 0. The van der Waals surface area contributed by atoms with Gasteiger partial charge in [0.15, 0.2) is 0 Å². The van der Waals surface area contributed by atoms with E-state index >= 15 is 0 Å². The second kappa shape index (κ2) is 3.59. The molecule has 1 unspecified atom stereocenters. The van der Waals surface area contributed by atoms with E-state index in [-0.39, 0.29) is 6.04 Å². The average Bonchev–Trinajstić information content (AvgIpc) is 2.17. The molecule has 0 bridgehead atoms. The highest BCUT2D eigenvalue weighted by atomic mass is 16.5. The van der Waals surface area contributed by atoms with Gasteiger partial charge in [0.05, 0.1) is 6.04 Å². The number of hydrogen-bond acceptors (Lipinski definition) is 3. The molecule has 0 aliphatic heterocycles. The lowest BCUT2D eigenvalue weighted by molar-refractivity contribution is -0.216. The van der Waals surface area contributed by atoms with Gasteiger partial charge in [-0.3, -0.25) is 0 Å². The Labute approximate surface area is 90.0 Å². The minimum absolute atomic E-state index is 0.229. The first-order chi connectivity index (χ1) is 7.03. The molecule has 0 aromatic heterocycles. The molecule has 3 heteroatoms. The number of likely N-dealkylation sites (N-methyl/N-ethyl adjacent to an activating group) is 1. The zero-order valence-corrected chi connectivity index (χ0v) is 9.14. The second-order valence-corrected chi connectivity index (χ2v) is 4.40. The number of rotatable bonds is 1. The van der Waals surface area contributed by atoms with Crippen LogP contribution in [-0.4, -0.2) is 35.3 Å². The van der Waals surface area contributed by atoms with Gasteiger partial charge < -0.3 is 15.1 Å². The zero-order valence-electron chi connectivity index (χ0n) is 9.14. The summed E-state index contributed by atoms with van der Waals surface area (Å²) in [7, 11) is 3.75. The average molecular weight is 207 g/mol. The Morgan fingerprint density at radius 2 is 1.93 bits per heavy atom. The molecule has 0 saturated carbocycles. The van der Waals surface area contributed by atoms with Crippen LogP contribution in [0.15, 0.2) is 24.3 Å². The number of nitrogens with zero attached hydrogens (tertiary/aromatic N) is 1. The Morgan fingerprint density at radius 1 is 1.27 bits per heavy atom. The highest BCUT2D eigenvalue weighted by molar-refractivity contribution is 5.34. The van der Waals surface area contributed by atoms with E-state index in [4.69, 9.17) is 0 Å². The maximum atomic E-state index is 10.2. The van der Waals surface area contributed by atoms with E-state index in [1.54, 1.807) is 6.07 Å². The monoisotopic (exact) mass is 207 g/mol. The molecule has 0 amide bonds. The molecule has 0 spiro atoms. The lowest BCUT2D eigenvalue weighted by Gasteiger charge is -2.40. The molecule has 1 aromatic carbocycles. The van der Waals surface area contributed by atoms with E-state index in [2.05, 4.69) is 0 Å². The van der Waals surface area contributed by atoms with E-state index in [0.29, 0.717) is 5.56 Å². The smallest absolute Gasteiger partial charge is 0.206 e. The molecule has 0 heterocycles. The first-order valence-corrected chi connectivity index (χ1v) is 5.23. The van der Waals surface area contributed by atoms with Crippen molar-refractivity contribution in [1.29, 1.82) is 0 Å². The predicted octanol–water partition coefficient (Wildman–Crippen LogP) is 0.700. The van der Waals surface area contributed by atoms with Crippen LogP contribution in [0.3, 0.4) is 0 Å². The van der Waals surface area contributed by atoms with Gasteiger partial charge in [-0.05, 0) is 32.5 Å². The van der Waals surface area contributed by atoms with Crippen molar-refractivity contribution < 1.29 is 10.2 Å². The minimum Gasteiger partial charge on any atom is -0.361 e. The topological polar surface area (TPSA) is 43.7 Å². The van der Waals surface area contributed by atoms with E-state index in [0.717, 1.165) is 18.4 Å². The van der Waals surface area contributed by atoms with Crippen LogP contribution >= 0.6 is 0 Å². The van der Waals surface area contributed by atoms with Crippen LogP contribution < -0.4 is 0 Å². The molecule has 1 aliphatic carbocycles. The molecule has 1 aromatic rings. The normalized spacial score (nSPS) is 23.9. The molecule has 0 fully saturated rings. The standard InChI is InChI=1S/C12H17NO2/c1-13(2)11-8-7-9-5-3-4-6-10(9)12(11,14)15/h3-6,11,14-15H,7-8H2,1-2H3.